The summed E-state index contributed by atoms with van der Waals surface area (Å²) in [7, 11) is 1.35. The molecule has 0 amide bonds. The molecule has 0 radical (unpaired) electrons. The maximum atomic E-state index is 11.2. The van der Waals surface area contributed by atoms with E-state index in [1.54, 1.807) is 17.1 Å². The summed E-state index contributed by atoms with van der Waals surface area (Å²) in [5.41, 5.74) is 1.51. The number of carbonyl (C=O) groups excluding carboxylic acids is 1. The fourth-order valence-corrected chi connectivity index (χ4v) is 1.37. The van der Waals surface area contributed by atoms with E-state index in [0.717, 1.165) is 5.56 Å². The zero-order valence-corrected chi connectivity index (χ0v) is 9.41. The maximum Gasteiger partial charge on any atom is 0.341 e. The van der Waals surface area contributed by atoms with Crippen molar-refractivity contribution < 1.29 is 9.53 Å². The molecule has 0 saturated carbocycles. The van der Waals surface area contributed by atoms with E-state index in [0.29, 0.717) is 5.56 Å². The third-order valence-corrected chi connectivity index (χ3v) is 2.24. The molecule has 0 unspecified atom stereocenters. The lowest BCUT2D eigenvalue weighted by molar-refractivity contribution is 0.0600. The summed E-state index contributed by atoms with van der Waals surface area (Å²) < 4.78 is 6.16. The van der Waals surface area contributed by atoms with Gasteiger partial charge in [0.2, 0.25) is 0 Å². The van der Waals surface area contributed by atoms with Gasteiger partial charge in [-0.3, -0.25) is 0 Å². The predicted molar refractivity (Wildman–Crippen MR) is 65.2 cm³/mol. The van der Waals surface area contributed by atoms with Gasteiger partial charge in [0, 0.05) is 12.4 Å². The quantitative estimate of drug-likeness (QED) is 0.757. The first kappa shape index (κ1) is 11.1. The maximum absolute atomic E-state index is 11.2. The molecule has 1 aromatic heterocycles. The molecule has 17 heavy (non-hydrogen) atoms. The highest BCUT2D eigenvalue weighted by Crippen LogP contribution is 2.04. The third-order valence-electron chi connectivity index (χ3n) is 2.24. The summed E-state index contributed by atoms with van der Waals surface area (Å²) in [6, 6.07) is 9.86. The lowest BCUT2D eigenvalue weighted by Crippen LogP contribution is -1.98. The number of hydrogen-bond donors (Lipinski definition) is 0. The number of hydrogen-bond acceptors (Lipinski definition) is 3. The van der Waals surface area contributed by atoms with Crippen molar-refractivity contribution >= 4 is 18.2 Å². The molecule has 1 heterocycles. The zero-order chi connectivity index (χ0) is 12.1. The van der Waals surface area contributed by atoms with E-state index in [9.17, 15) is 4.79 Å². The Balaban J connectivity index is 2.12. The molecule has 1 aromatic carbocycles. The molecule has 0 aliphatic carbocycles. The first-order valence-corrected chi connectivity index (χ1v) is 5.15. The summed E-state index contributed by atoms with van der Waals surface area (Å²) in [4.78, 5) is 11.2. The number of methoxy groups -OCH3 is 1. The van der Waals surface area contributed by atoms with Crippen LogP contribution in [0.2, 0.25) is 0 Å². The van der Waals surface area contributed by atoms with Crippen molar-refractivity contribution in [2.45, 2.75) is 0 Å². The van der Waals surface area contributed by atoms with Gasteiger partial charge in [0.15, 0.2) is 0 Å². The van der Waals surface area contributed by atoms with Crippen molar-refractivity contribution in [2.75, 3.05) is 7.11 Å². The molecule has 0 atom stereocenters. The molecule has 0 aliphatic rings. The minimum atomic E-state index is -0.385. The topological polar surface area (TPSA) is 44.1 Å². The molecule has 0 saturated heterocycles. The second kappa shape index (κ2) is 5.12. The van der Waals surface area contributed by atoms with E-state index >= 15 is 0 Å². The summed E-state index contributed by atoms with van der Waals surface area (Å²) in [5.74, 6) is -0.385. The summed E-state index contributed by atoms with van der Waals surface area (Å²) in [6.07, 6.45) is 6.78. The Bertz CT molecular complexity index is 529. The van der Waals surface area contributed by atoms with E-state index in [4.69, 9.17) is 0 Å². The van der Waals surface area contributed by atoms with E-state index in [2.05, 4.69) is 9.84 Å². The molecule has 0 N–H and O–H groups in total. The van der Waals surface area contributed by atoms with Gasteiger partial charge >= 0.3 is 5.97 Å². The van der Waals surface area contributed by atoms with Gasteiger partial charge in [-0.2, -0.15) is 5.10 Å². The van der Waals surface area contributed by atoms with Crippen LogP contribution in [0.1, 0.15) is 15.9 Å². The minimum Gasteiger partial charge on any atom is -0.465 e. The molecule has 86 valence electrons. The fourth-order valence-electron chi connectivity index (χ4n) is 1.37. The minimum absolute atomic E-state index is 0.385. The number of ether oxygens (including phenoxy) is 1. The summed E-state index contributed by atoms with van der Waals surface area (Å²) >= 11 is 0. The highest BCUT2D eigenvalue weighted by atomic mass is 16.5. The summed E-state index contributed by atoms with van der Waals surface area (Å²) in [5, 5.41) is 4.03. The Morgan fingerprint density at radius 2 is 2.12 bits per heavy atom. The Labute approximate surface area is 99.1 Å². The van der Waals surface area contributed by atoms with Gasteiger partial charge in [-0.1, -0.05) is 30.3 Å². The van der Waals surface area contributed by atoms with Gasteiger partial charge in [0.05, 0.1) is 18.9 Å². The van der Waals surface area contributed by atoms with E-state index in [1.807, 2.05) is 36.4 Å². The molecule has 2 aromatic rings. The highest BCUT2D eigenvalue weighted by molar-refractivity contribution is 5.88. The number of benzene rings is 1. The van der Waals surface area contributed by atoms with Gasteiger partial charge in [-0.05, 0) is 11.6 Å². The fraction of sp³-hybridized carbons (Fsp3) is 0.0769. The Morgan fingerprint density at radius 1 is 1.35 bits per heavy atom. The zero-order valence-electron chi connectivity index (χ0n) is 9.41. The van der Waals surface area contributed by atoms with Crippen molar-refractivity contribution in [3.05, 3.63) is 53.9 Å². The molecular weight excluding hydrogens is 216 g/mol. The third kappa shape index (κ3) is 2.81. The average Bonchev–Trinajstić information content (AvgIpc) is 2.85. The van der Waals surface area contributed by atoms with Gasteiger partial charge < -0.3 is 4.74 Å². The van der Waals surface area contributed by atoms with Crippen LogP contribution < -0.4 is 0 Å². The number of esters is 1. The van der Waals surface area contributed by atoms with Crippen LogP contribution in [-0.2, 0) is 4.74 Å². The van der Waals surface area contributed by atoms with Crippen LogP contribution in [0.25, 0.3) is 12.3 Å². The van der Waals surface area contributed by atoms with Gasteiger partial charge in [-0.25, -0.2) is 9.48 Å². The summed E-state index contributed by atoms with van der Waals surface area (Å²) in [6.45, 7) is 0. The van der Waals surface area contributed by atoms with Crippen LogP contribution in [0, 0.1) is 0 Å². The predicted octanol–water partition coefficient (Wildman–Crippen LogP) is 2.30. The normalized spacial score (nSPS) is 10.6. The monoisotopic (exact) mass is 228 g/mol. The molecule has 4 heteroatoms. The molecule has 0 spiro atoms. The number of aromatic nitrogens is 2. The molecule has 0 aliphatic heterocycles. The van der Waals surface area contributed by atoms with E-state index in [1.165, 1.54) is 13.3 Å². The molecule has 0 bridgehead atoms. The Hall–Kier alpha value is -2.36. The molecule has 4 nitrogen and oxygen atoms in total. The van der Waals surface area contributed by atoms with E-state index in [-0.39, 0.29) is 5.97 Å². The van der Waals surface area contributed by atoms with Crippen LogP contribution in [-0.4, -0.2) is 22.9 Å². The van der Waals surface area contributed by atoms with Crippen LogP contribution in [0.3, 0.4) is 0 Å². The van der Waals surface area contributed by atoms with Gasteiger partial charge in [-0.15, -0.1) is 0 Å². The Morgan fingerprint density at radius 3 is 2.82 bits per heavy atom. The smallest absolute Gasteiger partial charge is 0.341 e. The highest BCUT2D eigenvalue weighted by Gasteiger charge is 2.06. The van der Waals surface area contributed by atoms with Crippen molar-refractivity contribution in [1.29, 1.82) is 0 Å². The van der Waals surface area contributed by atoms with Crippen LogP contribution in [0.4, 0.5) is 0 Å². The van der Waals surface area contributed by atoms with Crippen LogP contribution in [0.15, 0.2) is 42.7 Å². The van der Waals surface area contributed by atoms with Crippen molar-refractivity contribution in [3.63, 3.8) is 0 Å². The molecular formula is C13H12N2O2. The first-order chi connectivity index (χ1) is 8.29. The molecule has 2 rings (SSSR count). The lowest BCUT2D eigenvalue weighted by Gasteiger charge is -1.93. The SMILES string of the molecule is COC(=O)c1cnn(C=Cc2ccccc2)c1. The number of carbonyl (C=O) groups is 1. The standard InChI is InChI=1S/C13H12N2O2/c1-17-13(16)12-9-14-15(10-12)8-7-11-5-3-2-4-6-11/h2-10H,1H3. The first-order valence-electron chi connectivity index (χ1n) is 5.15. The Kier molecular flexibility index (Phi) is 3.35. The second-order valence-electron chi connectivity index (χ2n) is 3.43. The van der Waals surface area contributed by atoms with E-state index < -0.39 is 0 Å². The van der Waals surface area contributed by atoms with Gasteiger partial charge in [0.25, 0.3) is 0 Å². The van der Waals surface area contributed by atoms with Crippen molar-refractivity contribution in [3.8, 4) is 0 Å². The van der Waals surface area contributed by atoms with Gasteiger partial charge in [0.1, 0.15) is 0 Å². The van der Waals surface area contributed by atoms with Crippen LogP contribution in [0.5, 0.6) is 0 Å². The molecule has 0 fully saturated rings. The lowest BCUT2D eigenvalue weighted by atomic mass is 10.2. The number of nitrogens with zero attached hydrogens (tertiary/aromatic N) is 2. The van der Waals surface area contributed by atoms with Crippen molar-refractivity contribution in [2.24, 2.45) is 0 Å². The number of rotatable bonds is 3. The van der Waals surface area contributed by atoms with Crippen molar-refractivity contribution in [1.82, 2.24) is 9.78 Å². The average molecular weight is 228 g/mol. The van der Waals surface area contributed by atoms with Crippen LogP contribution >= 0.6 is 0 Å². The second-order valence-corrected chi connectivity index (χ2v) is 3.43. The largest absolute Gasteiger partial charge is 0.465 e.